The molecule has 0 aromatic heterocycles. The molecular weight excluding hydrogens is 302 g/mol. The molecule has 0 bridgehead atoms. The molecule has 0 saturated heterocycles. The van der Waals surface area contributed by atoms with E-state index >= 15 is 0 Å². The SMILES string of the molecule is Cc1cc(C=O)ccc1C=CCCNC(=O)OCc1ccccc1. The van der Waals surface area contributed by atoms with E-state index in [0.29, 0.717) is 18.5 Å². The summed E-state index contributed by atoms with van der Waals surface area (Å²) in [5.41, 5.74) is 3.74. The standard InChI is InChI=1S/C20H21NO3/c1-16-13-18(14-22)10-11-19(16)9-5-6-12-21-20(23)24-15-17-7-3-2-4-8-17/h2-5,7-11,13-14H,6,12,15H2,1H3,(H,21,23). The first-order chi connectivity index (χ1) is 11.7. The number of amides is 1. The van der Waals surface area contributed by atoms with Crippen molar-refractivity contribution in [2.24, 2.45) is 0 Å². The summed E-state index contributed by atoms with van der Waals surface area (Å²) in [5.74, 6) is 0. The van der Waals surface area contributed by atoms with Crippen molar-refractivity contribution >= 4 is 18.5 Å². The summed E-state index contributed by atoms with van der Waals surface area (Å²) < 4.78 is 5.13. The third kappa shape index (κ3) is 5.72. The largest absolute Gasteiger partial charge is 0.445 e. The molecule has 2 aromatic rings. The van der Waals surface area contributed by atoms with Crippen molar-refractivity contribution in [3.8, 4) is 0 Å². The highest BCUT2D eigenvalue weighted by Crippen LogP contribution is 2.12. The number of carbonyl (C=O) groups is 2. The van der Waals surface area contributed by atoms with Crippen LogP contribution >= 0.6 is 0 Å². The third-order valence-electron chi connectivity index (χ3n) is 3.52. The van der Waals surface area contributed by atoms with Crippen molar-refractivity contribution in [1.29, 1.82) is 0 Å². The summed E-state index contributed by atoms with van der Waals surface area (Å²) in [7, 11) is 0. The van der Waals surface area contributed by atoms with E-state index in [0.717, 1.165) is 23.0 Å². The lowest BCUT2D eigenvalue weighted by Crippen LogP contribution is -2.24. The number of hydrogen-bond acceptors (Lipinski definition) is 3. The molecule has 0 aliphatic heterocycles. The molecule has 0 aliphatic carbocycles. The van der Waals surface area contributed by atoms with Crippen LogP contribution in [0.4, 0.5) is 4.79 Å². The number of aldehydes is 1. The number of rotatable bonds is 7. The highest BCUT2D eigenvalue weighted by Gasteiger charge is 2.01. The monoisotopic (exact) mass is 323 g/mol. The van der Waals surface area contributed by atoms with Crippen molar-refractivity contribution in [2.75, 3.05) is 6.54 Å². The van der Waals surface area contributed by atoms with Gasteiger partial charge in [-0.1, -0.05) is 54.6 Å². The second-order valence-corrected chi connectivity index (χ2v) is 5.41. The van der Waals surface area contributed by atoms with Crippen LogP contribution < -0.4 is 5.32 Å². The highest BCUT2D eigenvalue weighted by atomic mass is 16.5. The first-order valence-electron chi connectivity index (χ1n) is 7.86. The fourth-order valence-corrected chi connectivity index (χ4v) is 2.20. The van der Waals surface area contributed by atoms with Gasteiger partial charge in [-0.15, -0.1) is 0 Å². The van der Waals surface area contributed by atoms with Crippen molar-refractivity contribution in [3.05, 3.63) is 76.9 Å². The maximum atomic E-state index is 11.6. The first-order valence-corrected chi connectivity index (χ1v) is 7.86. The summed E-state index contributed by atoms with van der Waals surface area (Å²) in [4.78, 5) is 22.3. The molecule has 2 aromatic carbocycles. The topological polar surface area (TPSA) is 55.4 Å². The van der Waals surface area contributed by atoms with E-state index in [1.807, 2.05) is 61.5 Å². The minimum atomic E-state index is -0.418. The van der Waals surface area contributed by atoms with Gasteiger partial charge < -0.3 is 10.1 Å². The molecule has 4 heteroatoms. The Hall–Kier alpha value is -2.88. The molecule has 1 N–H and O–H groups in total. The van der Waals surface area contributed by atoms with E-state index in [2.05, 4.69) is 5.32 Å². The lowest BCUT2D eigenvalue weighted by Gasteiger charge is -2.06. The zero-order valence-electron chi connectivity index (χ0n) is 13.7. The fraction of sp³-hybridized carbons (Fsp3) is 0.200. The van der Waals surface area contributed by atoms with E-state index in [9.17, 15) is 9.59 Å². The summed E-state index contributed by atoms with van der Waals surface area (Å²) in [6.45, 7) is 2.74. The number of hydrogen-bond donors (Lipinski definition) is 1. The molecule has 4 nitrogen and oxygen atoms in total. The van der Waals surface area contributed by atoms with Gasteiger partial charge in [-0.05, 0) is 36.1 Å². The predicted octanol–water partition coefficient (Wildman–Crippen LogP) is 4.14. The molecule has 0 atom stereocenters. The van der Waals surface area contributed by atoms with E-state index in [1.54, 1.807) is 6.07 Å². The van der Waals surface area contributed by atoms with Crippen LogP contribution in [0, 0.1) is 6.92 Å². The second kappa shape index (κ2) is 9.30. The van der Waals surface area contributed by atoms with E-state index in [-0.39, 0.29) is 6.61 Å². The maximum absolute atomic E-state index is 11.6. The highest BCUT2D eigenvalue weighted by molar-refractivity contribution is 5.76. The van der Waals surface area contributed by atoms with Crippen molar-refractivity contribution in [3.63, 3.8) is 0 Å². The molecular formula is C20H21NO3. The van der Waals surface area contributed by atoms with Crippen LogP contribution in [0.1, 0.15) is 33.5 Å². The normalized spacial score (nSPS) is 10.5. The Morgan fingerprint density at radius 1 is 1.17 bits per heavy atom. The van der Waals surface area contributed by atoms with E-state index in [1.165, 1.54) is 0 Å². The quantitative estimate of drug-likeness (QED) is 0.615. The van der Waals surface area contributed by atoms with Crippen LogP contribution in [-0.4, -0.2) is 18.9 Å². The Labute approximate surface area is 142 Å². The molecule has 124 valence electrons. The molecule has 0 unspecified atom stereocenters. The average Bonchev–Trinajstić information content (AvgIpc) is 2.61. The predicted molar refractivity (Wildman–Crippen MR) is 94.8 cm³/mol. The van der Waals surface area contributed by atoms with Gasteiger partial charge in [-0.25, -0.2) is 4.79 Å². The molecule has 0 aliphatic rings. The molecule has 0 radical (unpaired) electrons. The molecule has 0 fully saturated rings. The number of aryl methyl sites for hydroxylation is 1. The van der Waals surface area contributed by atoms with Gasteiger partial charge in [0.25, 0.3) is 0 Å². The van der Waals surface area contributed by atoms with E-state index < -0.39 is 6.09 Å². The Balaban J connectivity index is 1.68. The van der Waals surface area contributed by atoms with Crippen LogP contribution in [-0.2, 0) is 11.3 Å². The number of ether oxygens (including phenoxy) is 1. The van der Waals surface area contributed by atoms with Crippen LogP contribution in [0.15, 0.2) is 54.6 Å². The first kappa shape index (κ1) is 17.5. The number of carbonyl (C=O) groups excluding carboxylic acids is 2. The van der Waals surface area contributed by atoms with Crippen molar-refractivity contribution < 1.29 is 14.3 Å². The Kier molecular flexibility index (Phi) is 6.77. The van der Waals surface area contributed by atoms with Gasteiger partial charge in [0.15, 0.2) is 0 Å². The molecule has 0 spiro atoms. The zero-order chi connectivity index (χ0) is 17.2. The van der Waals surface area contributed by atoms with Gasteiger partial charge in [0, 0.05) is 12.1 Å². The lowest BCUT2D eigenvalue weighted by molar-refractivity contribution is 0.112. The Morgan fingerprint density at radius 2 is 1.96 bits per heavy atom. The minimum absolute atomic E-state index is 0.269. The minimum Gasteiger partial charge on any atom is -0.445 e. The molecule has 1 amide bonds. The molecule has 0 heterocycles. The lowest BCUT2D eigenvalue weighted by atomic mass is 10.1. The average molecular weight is 323 g/mol. The smallest absolute Gasteiger partial charge is 0.407 e. The summed E-state index contributed by atoms with van der Waals surface area (Å²) >= 11 is 0. The van der Waals surface area contributed by atoms with Gasteiger partial charge in [-0.2, -0.15) is 0 Å². The Morgan fingerprint density at radius 3 is 2.67 bits per heavy atom. The van der Waals surface area contributed by atoms with Gasteiger partial charge >= 0.3 is 6.09 Å². The fourth-order valence-electron chi connectivity index (χ4n) is 2.20. The number of alkyl carbamates (subject to hydrolysis) is 1. The third-order valence-corrected chi connectivity index (χ3v) is 3.52. The van der Waals surface area contributed by atoms with Crippen molar-refractivity contribution in [2.45, 2.75) is 20.0 Å². The van der Waals surface area contributed by atoms with E-state index in [4.69, 9.17) is 4.74 Å². The zero-order valence-corrected chi connectivity index (χ0v) is 13.7. The summed E-state index contributed by atoms with van der Waals surface area (Å²) in [5, 5.41) is 2.71. The van der Waals surface area contributed by atoms with Gasteiger partial charge in [0.1, 0.15) is 12.9 Å². The van der Waals surface area contributed by atoms with Crippen LogP contribution in [0.2, 0.25) is 0 Å². The summed E-state index contributed by atoms with van der Waals surface area (Å²) in [6.07, 6.45) is 5.10. The number of nitrogens with one attached hydrogen (secondary N) is 1. The molecule has 2 rings (SSSR count). The maximum Gasteiger partial charge on any atom is 0.407 e. The van der Waals surface area contributed by atoms with Gasteiger partial charge in [0.05, 0.1) is 0 Å². The molecule has 0 saturated carbocycles. The van der Waals surface area contributed by atoms with Crippen LogP contribution in [0.5, 0.6) is 0 Å². The van der Waals surface area contributed by atoms with Crippen LogP contribution in [0.3, 0.4) is 0 Å². The number of benzene rings is 2. The second-order valence-electron chi connectivity index (χ2n) is 5.41. The van der Waals surface area contributed by atoms with Gasteiger partial charge in [0.2, 0.25) is 0 Å². The van der Waals surface area contributed by atoms with Gasteiger partial charge in [-0.3, -0.25) is 4.79 Å². The van der Waals surface area contributed by atoms with Crippen LogP contribution in [0.25, 0.3) is 6.08 Å². The Bertz CT molecular complexity index is 708. The molecule has 24 heavy (non-hydrogen) atoms. The van der Waals surface area contributed by atoms with Crippen molar-refractivity contribution in [1.82, 2.24) is 5.32 Å². The summed E-state index contributed by atoms with van der Waals surface area (Å²) in [6, 6.07) is 15.1.